The highest BCUT2D eigenvalue weighted by atomic mass is 32.1. The van der Waals surface area contributed by atoms with E-state index < -0.39 is 0 Å². The molecule has 1 N–H and O–H groups in total. The molecule has 1 aromatic carbocycles. The van der Waals surface area contributed by atoms with Crippen molar-refractivity contribution >= 4 is 17.2 Å². The molecule has 1 amide bonds. The third-order valence-corrected chi connectivity index (χ3v) is 5.98. The standard InChI is InChI=1S/C20H27N3O2S/c1-14(2)17(23-9-11-25-12-10-23)13-21-19(24)18-15(3)22-20(26-18)16-7-5-4-6-8-16/h4-8,14,17H,9-13H2,1-3H3,(H,21,24). The van der Waals surface area contributed by atoms with E-state index in [2.05, 4.69) is 29.0 Å². The minimum absolute atomic E-state index is 0.0268. The Morgan fingerprint density at radius 3 is 2.62 bits per heavy atom. The number of amides is 1. The maximum absolute atomic E-state index is 12.7. The van der Waals surface area contributed by atoms with E-state index in [4.69, 9.17) is 4.74 Å². The summed E-state index contributed by atoms with van der Waals surface area (Å²) in [6.07, 6.45) is 0. The molecule has 0 radical (unpaired) electrons. The topological polar surface area (TPSA) is 54.5 Å². The first-order chi connectivity index (χ1) is 12.6. The Labute approximate surface area is 159 Å². The van der Waals surface area contributed by atoms with Crippen molar-refractivity contribution in [1.82, 2.24) is 15.2 Å². The molecule has 0 aliphatic carbocycles. The van der Waals surface area contributed by atoms with Crippen LogP contribution < -0.4 is 5.32 Å². The van der Waals surface area contributed by atoms with Gasteiger partial charge in [0.25, 0.3) is 5.91 Å². The van der Waals surface area contributed by atoms with Gasteiger partial charge in [-0.15, -0.1) is 11.3 Å². The van der Waals surface area contributed by atoms with Gasteiger partial charge in [0.15, 0.2) is 0 Å². The summed E-state index contributed by atoms with van der Waals surface area (Å²) >= 11 is 1.46. The number of nitrogens with one attached hydrogen (secondary N) is 1. The van der Waals surface area contributed by atoms with E-state index in [1.54, 1.807) is 0 Å². The Bertz CT molecular complexity index is 724. The minimum atomic E-state index is -0.0268. The second kappa shape index (κ2) is 8.75. The van der Waals surface area contributed by atoms with E-state index in [0.717, 1.165) is 42.6 Å². The van der Waals surface area contributed by atoms with E-state index in [9.17, 15) is 4.79 Å². The lowest BCUT2D eigenvalue weighted by Gasteiger charge is -2.36. The molecule has 1 aliphatic heterocycles. The van der Waals surface area contributed by atoms with E-state index in [1.165, 1.54) is 11.3 Å². The van der Waals surface area contributed by atoms with Gasteiger partial charge in [-0.05, 0) is 12.8 Å². The van der Waals surface area contributed by atoms with Crippen LogP contribution in [0.5, 0.6) is 0 Å². The van der Waals surface area contributed by atoms with Gasteiger partial charge < -0.3 is 10.1 Å². The van der Waals surface area contributed by atoms with Crippen molar-refractivity contribution in [3.63, 3.8) is 0 Å². The van der Waals surface area contributed by atoms with Crippen LogP contribution in [0.2, 0.25) is 0 Å². The lowest BCUT2D eigenvalue weighted by atomic mass is 10.0. The molecule has 1 saturated heterocycles. The Hall–Kier alpha value is -1.76. The van der Waals surface area contributed by atoms with E-state index >= 15 is 0 Å². The third-order valence-electron chi connectivity index (χ3n) is 4.78. The molecule has 0 bridgehead atoms. The SMILES string of the molecule is Cc1nc(-c2ccccc2)sc1C(=O)NCC(C(C)C)N1CCOCC1. The van der Waals surface area contributed by atoms with Crippen LogP contribution in [0.25, 0.3) is 10.6 Å². The summed E-state index contributed by atoms with van der Waals surface area (Å²) in [5.74, 6) is 0.442. The zero-order valence-electron chi connectivity index (χ0n) is 15.7. The first-order valence-electron chi connectivity index (χ1n) is 9.19. The highest BCUT2D eigenvalue weighted by molar-refractivity contribution is 7.17. The first-order valence-corrected chi connectivity index (χ1v) is 10.0. The molecule has 2 aromatic rings. The highest BCUT2D eigenvalue weighted by Crippen LogP contribution is 2.27. The van der Waals surface area contributed by atoms with Gasteiger partial charge in [-0.25, -0.2) is 4.98 Å². The number of benzene rings is 1. The maximum Gasteiger partial charge on any atom is 0.263 e. The average molecular weight is 374 g/mol. The summed E-state index contributed by atoms with van der Waals surface area (Å²) in [5.41, 5.74) is 1.84. The van der Waals surface area contributed by atoms with Crippen molar-refractivity contribution in [3.05, 3.63) is 40.9 Å². The number of hydrogen-bond donors (Lipinski definition) is 1. The largest absolute Gasteiger partial charge is 0.379 e. The van der Waals surface area contributed by atoms with Gasteiger partial charge in [0.05, 0.1) is 18.9 Å². The van der Waals surface area contributed by atoms with Crippen LogP contribution >= 0.6 is 11.3 Å². The van der Waals surface area contributed by atoms with Crippen LogP contribution in [-0.4, -0.2) is 54.7 Å². The quantitative estimate of drug-likeness (QED) is 0.845. The average Bonchev–Trinajstić information content (AvgIpc) is 3.05. The molecule has 26 heavy (non-hydrogen) atoms. The summed E-state index contributed by atoms with van der Waals surface area (Å²) in [6, 6.07) is 10.3. The molecule has 140 valence electrons. The monoisotopic (exact) mass is 373 g/mol. The Balaban J connectivity index is 1.66. The fourth-order valence-electron chi connectivity index (χ4n) is 3.28. The van der Waals surface area contributed by atoms with Gasteiger partial charge >= 0.3 is 0 Å². The summed E-state index contributed by atoms with van der Waals surface area (Å²) in [5, 5.41) is 4.02. The predicted octanol–water partition coefficient (Wildman–Crippen LogP) is 3.21. The molecule has 6 heteroatoms. The number of carbonyl (C=O) groups excluding carboxylic acids is 1. The summed E-state index contributed by atoms with van der Waals surface area (Å²) in [6.45, 7) is 10.4. The molecular weight excluding hydrogens is 346 g/mol. The number of aromatic nitrogens is 1. The summed E-state index contributed by atoms with van der Waals surface area (Å²) < 4.78 is 5.45. The number of carbonyl (C=O) groups is 1. The Morgan fingerprint density at radius 2 is 1.96 bits per heavy atom. The number of morpholine rings is 1. The zero-order chi connectivity index (χ0) is 18.5. The number of thiazole rings is 1. The molecule has 1 aromatic heterocycles. The lowest BCUT2D eigenvalue weighted by molar-refractivity contribution is 0.00673. The molecule has 1 atom stereocenters. The number of hydrogen-bond acceptors (Lipinski definition) is 5. The van der Waals surface area contributed by atoms with Gasteiger partial charge in [0.2, 0.25) is 0 Å². The molecule has 0 spiro atoms. The van der Waals surface area contributed by atoms with Crippen molar-refractivity contribution < 1.29 is 9.53 Å². The Kier molecular flexibility index (Phi) is 6.40. The molecule has 1 fully saturated rings. The first kappa shape index (κ1) is 19.0. The minimum Gasteiger partial charge on any atom is -0.379 e. The number of ether oxygens (including phenoxy) is 1. The van der Waals surface area contributed by atoms with Crippen LogP contribution in [-0.2, 0) is 4.74 Å². The van der Waals surface area contributed by atoms with Gasteiger partial charge in [0.1, 0.15) is 9.88 Å². The highest BCUT2D eigenvalue weighted by Gasteiger charge is 2.25. The third kappa shape index (κ3) is 4.50. The van der Waals surface area contributed by atoms with E-state index in [-0.39, 0.29) is 5.91 Å². The van der Waals surface area contributed by atoms with Crippen LogP contribution in [0.15, 0.2) is 30.3 Å². The summed E-state index contributed by atoms with van der Waals surface area (Å²) in [7, 11) is 0. The van der Waals surface area contributed by atoms with Crippen molar-refractivity contribution in [3.8, 4) is 10.6 Å². The lowest BCUT2D eigenvalue weighted by Crippen LogP contribution is -2.51. The fourth-order valence-corrected chi connectivity index (χ4v) is 4.27. The maximum atomic E-state index is 12.7. The number of rotatable bonds is 6. The van der Waals surface area contributed by atoms with Crippen LogP contribution in [0, 0.1) is 12.8 Å². The molecule has 2 heterocycles. The van der Waals surface area contributed by atoms with Crippen LogP contribution in [0.3, 0.4) is 0 Å². The molecule has 5 nitrogen and oxygen atoms in total. The van der Waals surface area contributed by atoms with Crippen LogP contribution in [0.1, 0.15) is 29.2 Å². The normalized spacial score (nSPS) is 16.6. The van der Waals surface area contributed by atoms with Gasteiger partial charge in [0, 0.05) is 31.2 Å². The molecule has 3 rings (SSSR count). The number of nitrogens with zero attached hydrogens (tertiary/aromatic N) is 2. The van der Waals surface area contributed by atoms with Crippen molar-refractivity contribution in [1.29, 1.82) is 0 Å². The zero-order valence-corrected chi connectivity index (χ0v) is 16.5. The smallest absolute Gasteiger partial charge is 0.263 e. The van der Waals surface area contributed by atoms with Crippen LogP contribution in [0.4, 0.5) is 0 Å². The second-order valence-electron chi connectivity index (χ2n) is 6.97. The van der Waals surface area contributed by atoms with Crippen molar-refractivity contribution in [2.45, 2.75) is 26.8 Å². The van der Waals surface area contributed by atoms with Gasteiger partial charge in [-0.1, -0.05) is 44.2 Å². The van der Waals surface area contributed by atoms with Crippen molar-refractivity contribution in [2.24, 2.45) is 5.92 Å². The second-order valence-corrected chi connectivity index (χ2v) is 7.97. The van der Waals surface area contributed by atoms with E-state index in [1.807, 2.05) is 37.3 Å². The van der Waals surface area contributed by atoms with Gasteiger partial charge in [-0.3, -0.25) is 9.69 Å². The van der Waals surface area contributed by atoms with E-state index in [0.29, 0.717) is 23.4 Å². The van der Waals surface area contributed by atoms with Crippen molar-refractivity contribution in [2.75, 3.05) is 32.8 Å². The number of aryl methyl sites for hydroxylation is 1. The molecule has 0 saturated carbocycles. The Morgan fingerprint density at radius 1 is 1.27 bits per heavy atom. The van der Waals surface area contributed by atoms with Gasteiger partial charge in [-0.2, -0.15) is 0 Å². The molecule has 1 unspecified atom stereocenters. The molecule has 1 aliphatic rings. The summed E-state index contributed by atoms with van der Waals surface area (Å²) in [4.78, 5) is 20.4. The fraction of sp³-hybridized carbons (Fsp3) is 0.500. The molecular formula is C20H27N3O2S. The predicted molar refractivity (Wildman–Crippen MR) is 106 cm³/mol.